The zero-order chi connectivity index (χ0) is 18.6. The molecule has 2 N–H and O–H groups in total. The maximum atomic E-state index is 12.4. The summed E-state index contributed by atoms with van der Waals surface area (Å²) in [6, 6.07) is 10.2. The van der Waals surface area contributed by atoms with E-state index in [9.17, 15) is 13.6 Å². The molecule has 0 bridgehead atoms. The summed E-state index contributed by atoms with van der Waals surface area (Å²) in [7, 11) is 0. The lowest BCUT2D eigenvalue weighted by Crippen LogP contribution is -2.32. The fraction of sp³-hybridized carbons (Fsp3) is 0.316. The molecule has 0 aliphatic heterocycles. The molecule has 2 aromatic carbocycles. The van der Waals surface area contributed by atoms with Gasteiger partial charge in [-0.05, 0) is 63.1 Å². The summed E-state index contributed by atoms with van der Waals surface area (Å²) < 4.78 is 24.7. The van der Waals surface area contributed by atoms with Gasteiger partial charge in [-0.2, -0.15) is 8.78 Å². The number of hydrogen-bond donors (Lipinski definition) is 2. The Bertz CT molecular complexity index is 725. The number of rotatable bonds is 6. The molecule has 0 fully saturated rings. The Labute approximate surface area is 151 Å². The van der Waals surface area contributed by atoms with Gasteiger partial charge >= 0.3 is 0 Å². The Morgan fingerprint density at radius 1 is 1.04 bits per heavy atom. The average Bonchev–Trinajstić information content (AvgIpc) is 2.52. The molecule has 0 aliphatic rings. The normalized spacial score (nSPS) is 12.1. The van der Waals surface area contributed by atoms with Crippen LogP contribution in [0.1, 0.15) is 23.6 Å². The summed E-state index contributed by atoms with van der Waals surface area (Å²) in [5, 5.41) is 6.04. The van der Waals surface area contributed by atoms with E-state index in [1.165, 1.54) is 0 Å². The molecular weight excluding hydrogens is 342 g/mol. The molecule has 0 aromatic heterocycles. The molecule has 0 saturated carbocycles. The smallest absolute Gasteiger partial charge is 0.288 e. The largest absolute Gasteiger partial charge is 0.374 e. The summed E-state index contributed by atoms with van der Waals surface area (Å²) in [4.78, 5) is 12.9. The molecular formula is C19H22F2N2OS. The Morgan fingerprint density at radius 2 is 1.60 bits per heavy atom. The predicted molar refractivity (Wildman–Crippen MR) is 101 cm³/mol. The van der Waals surface area contributed by atoms with Gasteiger partial charge in [-0.3, -0.25) is 4.79 Å². The van der Waals surface area contributed by atoms with Crippen molar-refractivity contribution < 1.29 is 13.6 Å². The van der Waals surface area contributed by atoms with Gasteiger partial charge in [-0.15, -0.1) is 0 Å². The standard InChI is InChI=1S/C19H22F2N2OS/c1-11-9-12(2)17(13(3)10-11)23-18(24)14(4)22-15-5-7-16(8-6-15)25-19(20)21/h5-10,14,19,22H,1-4H3,(H,23,24)/t14-/m0/s1. The second-order valence-electron chi connectivity index (χ2n) is 6.03. The Hall–Kier alpha value is -2.08. The molecule has 0 aliphatic carbocycles. The number of hydrogen-bond acceptors (Lipinski definition) is 3. The number of amides is 1. The second-order valence-corrected chi connectivity index (χ2v) is 7.10. The van der Waals surface area contributed by atoms with Crippen molar-refractivity contribution >= 4 is 29.0 Å². The van der Waals surface area contributed by atoms with Crippen LogP contribution < -0.4 is 10.6 Å². The third-order valence-corrected chi connectivity index (χ3v) is 4.50. The highest BCUT2D eigenvalue weighted by Crippen LogP contribution is 2.26. The number of nitrogens with one attached hydrogen (secondary N) is 2. The zero-order valence-corrected chi connectivity index (χ0v) is 15.5. The highest BCUT2D eigenvalue weighted by atomic mass is 32.2. The molecule has 0 unspecified atom stereocenters. The number of halogens is 2. The first kappa shape index (κ1) is 19.2. The number of carbonyl (C=O) groups excluding carboxylic acids is 1. The van der Waals surface area contributed by atoms with Crippen molar-refractivity contribution in [3.8, 4) is 0 Å². The van der Waals surface area contributed by atoms with Crippen molar-refractivity contribution in [1.29, 1.82) is 0 Å². The van der Waals surface area contributed by atoms with Crippen LogP contribution in [0.5, 0.6) is 0 Å². The van der Waals surface area contributed by atoms with Crippen LogP contribution in [0.2, 0.25) is 0 Å². The molecule has 25 heavy (non-hydrogen) atoms. The third kappa shape index (κ3) is 5.46. The number of alkyl halides is 2. The van der Waals surface area contributed by atoms with E-state index < -0.39 is 11.8 Å². The highest BCUT2D eigenvalue weighted by molar-refractivity contribution is 7.99. The van der Waals surface area contributed by atoms with Gasteiger partial charge in [0.2, 0.25) is 5.91 Å². The van der Waals surface area contributed by atoms with Crippen molar-refractivity contribution in [2.75, 3.05) is 10.6 Å². The van der Waals surface area contributed by atoms with Crippen LogP contribution in [0.4, 0.5) is 20.2 Å². The van der Waals surface area contributed by atoms with Crippen molar-refractivity contribution in [1.82, 2.24) is 0 Å². The van der Waals surface area contributed by atoms with Gasteiger partial charge in [-0.25, -0.2) is 0 Å². The number of aryl methyl sites for hydroxylation is 3. The van der Waals surface area contributed by atoms with Gasteiger partial charge in [-0.1, -0.05) is 29.5 Å². The summed E-state index contributed by atoms with van der Waals surface area (Å²) in [6.07, 6.45) is 0. The van der Waals surface area contributed by atoms with E-state index in [4.69, 9.17) is 0 Å². The predicted octanol–water partition coefficient (Wildman–Crippen LogP) is 5.37. The average molecular weight is 364 g/mol. The van der Waals surface area contributed by atoms with Gasteiger partial charge in [0.25, 0.3) is 5.76 Å². The fourth-order valence-electron chi connectivity index (χ4n) is 2.66. The second kappa shape index (κ2) is 8.34. The number of carbonyl (C=O) groups is 1. The molecule has 6 heteroatoms. The molecule has 3 nitrogen and oxygen atoms in total. The molecule has 0 heterocycles. The van der Waals surface area contributed by atoms with E-state index >= 15 is 0 Å². The maximum Gasteiger partial charge on any atom is 0.288 e. The van der Waals surface area contributed by atoms with Crippen molar-refractivity contribution in [3.05, 3.63) is 53.1 Å². The van der Waals surface area contributed by atoms with Crippen LogP contribution in [0, 0.1) is 20.8 Å². The van der Waals surface area contributed by atoms with Gasteiger partial charge < -0.3 is 10.6 Å². The van der Waals surface area contributed by atoms with Crippen LogP contribution in [0.25, 0.3) is 0 Å². The maximum absolute atomic E-state index is 12.4. The summed E-state index contributed by atoms with van der Waals surface area (Å²) in [5.41, 5.74) is 4.73. The van der Waals surface area contributed by atoms with Crippen molar-refractivity contribution in [2.24, 2.45) is 0 Å². The summed E-state index contributed by atoms with van der Waals surface area (Å²) in [5.74, 6) is -2.59. The van der Waals surface area contributed by atoms with E-state index in [1.54, 1.807) is 31.2 Å². The highest BCUT2D eigenvalue weighted by Gasteiger charge is 2.15. The quantitative estimate of drug-likeness (QED) is 0.678. The van der Waals surface area contributed by atoms with Crippen molar-refractivity contribution in [3.63, 3.8) is 0 Å². The molecule has 1 amide bonds. The minimum absolute atomic E-state index is 0.152. The lowest BCUT2D eigenvalue weighted by Gasteiger charge is -2.18. The van der Waals surface area contributed by atoms with Crippen LogP contribution >= 0.6 is 11.8 Å². The van der Waals surface area contributed by atoms with E-state index in [-0.39, 0.29) is 5.91 Å². The van der Waals surface area contributed by atoms with Gasteiger partial charge in [0.05, 0.1) is 0 Å². The number of thioether (sulfide) groups is 1. The first-order chi connectivity index (χ1) is 11.8. The minimum atomic E-state index is -2.44. The Morgan fingerprint density at radius 3 is 2.12 bits per heavy atom. The summed E-state index contributed by atoms with van der Waals surface area (Å²) in [6.45, 7) is 7.71. The van der Waals surface area contributed by atoms with Crippen LogP contribution in [-0.2, 0) is 4.79 Å². The lowest BCUT2D eigenvalue weighted by atomic mass is 10.0. The SMILES string of the molecule is Cc1cc(C)c(NC(=O)[C@H](C)Nc2ccc(SC(F)F)cc2)c(C)c1. The molecule has 0 spiro atoms. The van der Waals surface area contributed by atoms with E-state index in [0.29, 0.717) is 22.3 Å². The van der Waals surface area contributed by atoms with E-state index in [0.717, 1.165) is 22.4 Å². The van der Waals surface area contributed by atoms with Gasteiger partial charge in [0.15, 0.2) is 0 Å². The van der Waals surface area contributed by atoms with Crippen LogP contribution in [0.3, 0.4) is 0 Å². The van der Waals surface area contributed by atoms with Gasteiger partial charge in [0.1, 0.15) is 6.04 Å². The van der Waals surface area contributed by atoms with Gasteiger partial charge in [0, 0.05) is 16.3 Å². The first-order valence-corrected chi connectivity index (χ1v) is 8.84. The van der Waals surface area contributed by atoms with E-state index in [2.05, 4.69) is 10.6 Å². The number of benzene rings is 2. The monoisotopic (exact) mass is 364 g/mol. The lowest BCUT2D eigenvalue weighted by molar-refractivity contribution is -0.116. The Kier molecular flexibility index (Phi) is 6.42. The number of anilines is 2. The first-order valence-electron chi connectivity index (χ1n) is 7.96. The minimum Gasteiger partial charge on any atom is -0.374 e. The van der Waals surface area contributed by atoms with Crippen LogP contribution in [0.15, 0.2) is 41.3 Å². The Balaban J connectivity index is 2.01. The summed E-state index contributed by atoms with van der Waals surface area (Å²) >= 11 is 0.498. The molecule has 2 rings (SSSR count). The molecule has 0 radical (unpaired) electrons. The van der Waals surface area contributed by atoms with Crippen molar-refractivity contribution in [2.45, 2.75) is 44.4 Å². The third-order valence-electron chi connectivity index (χ3n) is 3.78. The topological polar surface area (TPSA) is 41.1 Å². The fourth-order valence-corrected chi connectivity index (χ4v) is 3.16. The zero-order valence-electron chi connectivity index (χ0n) is 14.7. The van der Waals surface area contributed by atoms with E-state index in [1.807, 2.05) is 32.9 Å². The molecule has 0 saturated heterocycles. The molecule has 1 atom stereocenters. The molecule has 134 valence electrons. The van der Waals surface area contributed by atoms with Crippen LogP contribution in [-0.4, -0.2) is 17.7 Å². The molecule has 2 aromatic rings.